The van der Waals surface area contributed by atoms with Gasteiger partial charge in [-0.1, -0.05) is 30.3 Å². The molecule has 74 valence electrons. The van der Waals surface area contributed by atoms with E-state index in [-0.39, 0.29) is 17.3 Å². The lowest BCUT2D eigenvalue weighted by Gasteiger charge is -2.01. The molecule has 0 unspecified atom stereocenters. The van der Waals surface area contributed by atoms with E-state index in [1.807, 2.05) is 6.07 Å². The Balaban J connectivity index is 2.40. The van der Waals surface area contributed by atoms with E-state index in [0.29, 0.717) is 5.56 Å². The van der Waals surface area contributed by atoms with E-state index >= 15 is 0 Å². The highest BCUT2D eigenvalue weighted by Crippen LogP contribution is 2.06. The van der Waals surface area contributed by atoms with Gasteiger partial charge < -0.3 is 9.90 Å². The van der Waals surface area contributed by atoms with E-state index < -0.39 is 5.97 Å². The van der Waals surface area contributed by atoms with Gasteiger partial charge in [-0.05, 0) is 0 Å². The summed E-state index contributed by atoms with van der Waals surface area (Å²) in [4.78, 5) is 21.5. The lowest BCUT2D eigenvalue weighted by Crippen LogP contribution is -2.25. The Labute approximate surface area is 86.1 Å². The number of rotatable bonds is 5. The maximum atomic E-state index is 11.4. The fraction of sp³-hybridized carbons (Fsp3) is 0.200. The van der Waals surface area contributed by atoms with Crippen molar-refractivity contribution in [3.05, 3.63) is 35.9 Å². The first-order valence-electron chi connectivity index (χ1n) is 4.06. The number of benzene rings is 1. The van der Waals surface area contributed by atoms with Crippen LogP contribution in [-0.2, 0) is 4.79 Å². The van der Waals surface area contributed by atoms with Gasteiger partial charge in [0.25, 0.3) is 0 Å². The first kappa shape index (κ1) is 10.8. The predicted molar refractivity (Wildman–Crippen MR) is 53.1 cm³/mol. The number of carbonyl (C=O) groups is 2. The Morgan fingerprint density at radius 1 is 1.14 bits per heavy atom. The molecule has 1 aromatic carbocycles. The summed E-state index contributed by atoms with van der Waals surface area (Å²) in [5, 5.41) is 10.1. The molecule has 0 radical (unpaired) electrons. The van der Waals surface area contributed by atoms with Crippen molar-refractivity contribution in [3.63, 3.8) is 0 Å². The fourth-order valence-corrected chi connectivity index (χ4v) is 1.56. The van der Waals surface area contributed by atoms with Crippen LogP contribution in [0.1, 0.15) is 10.4 Å². The van der Waals surface area contributed by atoms with E-state index in [1.54, 1.807) is 24.3 Å². The van der Waals surface area contributed by atoms with Crippen LogP contribution in [0.4, 0.5) is 0 Å². The van der Waals surface area contributed by atoms with Gasteiger partial charge in [-0.3, -0.25) is 4.79 Å². The molecule has 14 heavy (non-hydrogen) atoms. The number of thioether (sulfide) groups is 1. The number of carboxylic acid groups (broad SMARTS) is 1. The normalized spacial score (nSPS) is 9.71. The van der Waals surface area contributed by atoms with Crippen LogP contribution in [0.15, 0.2) is 30.3 Å². The van der Waals surface area contributed by atoms with Crippen LogP contribution >= 0.6 is 11.8 Å². The molecule has 0 aliphatic carbocycles. The standard InChI is InChI=1S/C10H10O3S/c11-9(6-14-7-10(12)13)8-4-2-1-3-5-8/h1-5H,6-7H2,(H,12,13)/p-1. The summed E-state index contributed by atoms with van der Waals surface area (Å²) >= 11 is 1.05. The molecule has 1 aromatic rings. The van der Waals surface area contributed by atoms with E-state index in [1.165, 1.54) is 0 Å². The summed E-state index contributed by atoms with van der Waals surface area (Å²) in [6.45, 7) is 0. The third-order valence-corrected chi connectivity index (χ3v) is 2.45. The number of Topliss-reactive ketones (excluding diaryl/α,β-unsaturated/α-hetero) is 1. The van der Waals surface area contributed by atoms with Crippen molar-refractivity contribution in [3.8, 4) is 0 Å². The van der Waals surface area contributed by atoms with Crippen LogP contribution in [0.2, 0.25) is 0 Å². The Morgan fingerprint density at radius 2 is 1.79 bits per heavy atom. The van der Waals surface area contributed by atoms with Crippen molar-refractivity contribution >= 4 is 23.5 Å². The summed E-state index contributed by atoms with van der Waals surface area (Å²) in [6.07, 6.45) is 0. The SMILES string of the molecule is O=C([O-])CSCC(=O)c1ccccc1. The molecule has 0 N–H and O–H groups in total. The van der Waals surface area contributed by atoms with E-state index in [2.05, 4.69) is 0 Å². The molecular weight excluding hydrogens is 200 g/mol. The monoisotopic (exact) mass is 209 g/mol. The molecule has 0 fully saturated rings. The van der Waals surface area contributed by atoms with Gasteiger partial charge in [0.15, 0.2) is 5.78 Å². The molecular formula is C10H9O3S-. The average Bonchev–Trinajstić information content (AvgIpc) is 2.18. The van der Waals surface area contributed by atoms with Crippen LogP contribution in [0.25, 0.3) is 0 Å². The molecule has 0 bridgehead atoms. The number of hydrogen-bond donors (Lipinski definition) is 0. The van der Waals surface area contributed by atoms with Crippen molar-refractivity contribution in [2.24, 2.45) is 0 Å². The Kier molecular flexibility index (Phi) is 4.19. The highest BCUT2D eigenvalue weighted by Gasteiger charge is 2.04. The van der Waals surface area contributed by atoms with Crippen LogP contribution in [0.3, 0.4) is 0 Å². The lowest BCUT2D eigenvalue weighted by atomic mass is 10.2. The van der Waals surface area contributed by atoms with Crippen molar-refractivity contribution in [2.75, 3.05) is 11.5 Å². The van der Waals surface area contributed by atoms with Crippen LogP contribution in [-0.4, -0.2) is 23.3 Å². The molecule has 4 heteroatoms. The van der Waals surface area contributed by atoms with Crippen molar-refractivity contribution < 1.29 is 14.7 Å². The van der Waals surface area contributed by atoms with Crippen molar-refractivity contribution in [1.82, 2.24) is 0 Å². The smallest absolute Gasteiger partial charge is 0.172 e. The van der Waals surface area contributed by atoms with Crippen molar-refractivity contribution in [1.29, 1.82) is 0 Å². The summed E-state index contributed by atoms with van der Waals surface area (Å²) in [6, 6.07) is 8.79. The third-order valence-electron chi connectivity index (χ3n) is 1.55. The highest BCUT2D eigenvalue weighted by molar-refractivity contribution is 8.00. The number of aliphatic carboxylic acids is 1. The topological polar surface area (TPSA) is 57.2 Å². The molecule has 0 spiro atoms. The summed E-state index contributed by atoms with van der Waals surface area (Å²) in [5.74, 6) is -1.16. The number of carboxylic acids is 1. The largest absolute Gasteiger partial charge is 0.549 e. The predicted octanol–water partition coefficient (Wildman–Crippen LogP) is 0.352. The number of ketones is 1. The maximum absolute atomic E-state index is 11.4. The second kappa shape index (κ2) is 5.44. The number of carbonyl (C=O) groups excluding carboxylic acids is 2. The summed E-state index contributed by atoms with van der Waals surface area (Å²) < 4.78 is 0. The van der Waals surface area contributed by atoms with E-state index in [0.717, 1.165) is 11.8 Å². The maximum Gasteiger partial charge on any atom is 0.172 e. The molecule has 1 rings (SSSR count). The van der Waals surface area contributed by atoms with Gasteiger partial charge >= 0.3 is 0 Å². The van der Waals surface area contributed by atoms with Crippen molar-refractivity contribution in [2.45, 2.75) is 0 Å². The van der Waals surface area contributed by atoms with Gasteiger partial charge in [0.05, 0.1) is 11.7 Å². The molecule has 0 amide bonds. The van der Waals surface area contributed by atoms with E-state index in [4.69, 9.17) is 0 Å². The van der Waals surface area contributed by atoms with E-state index in [9.17, 15) is 14.7 Å². The zero-order chi connectivity index (χ0) is 10.4. The second-order valence-corrected chi connectivity index (χ2v) is 3.64. The van der Waals surface area contributed by atoms with Gasteiger partial charge in [-0.2, -0.15) is 0 Å². The average molecular weight is 209 g/mol. The molecule has 3 nitrogen and oxygen atoms in total. The minimum atomic E-state index is -1.14. The molecule has 0 saturated heterocycles. The van der Waals surface area contributed by atoms with Gasteiger partial charge in [0.2, 0.25) is 0 Å². The summed E-state index contributed by atoms with van der Waals surface area (Å²) in [7, 11) is 0. The van der Waals surface area contributed by atoms with Crippen LogP contribution < -0.4 is 5.11 Å². The fourth-order valence-electron chi connectivity index (χ4n) is 0.934. The first-order valence-corrected chi connectivity index (χ1v) is 5.21. The Hall–Kier alpha value is -1.29. The zero-order valence-corrected chi connectivity index (χ0v) is 8.25. The van der Waals surface area contributed by atoms with Gasteiger partial charge in [0, 0.05) is 11.3 Å². The lowest BCUT2D eigenvalue weighted by molar-refractivity contribution is -0.301. The molecule has 0 aliphatic rings. The van der Waals surface area contributed by atoms with Crippen LogP contribution in [0, 0.1) is 0 Å². The third kappa shape index (κ3) is 3.62. The second-order valence-electron chi connectivity index (χ2n) is 2.65. The number of hydrogen-bond acceptors (Lipinski definition) is 4. The van der Waals surface area contributed by atoms with Gasteiger partial charge in [-0.25, -0.2) is 0 Å². The quantitative estimate of drug-likeness (QED) is 0.657. The van der Waals surface area contributed by atoms with Gasteiger partial charge in [0.1, 0.15) is 0 Å². The minimum Gasteiger partial charge on any atom is -0.549 e. The highest BCUT2D eigenvalue weighted by atomic mass is 32.2. The Morgan fingerprint density at radius 3 is 2.36 bits per heavy atom. The summed E-state index contributed by atoms with van der Waals surface area (Å²) in [5.41, 5.74) is 0.610. The minimum absolute atomic E-state index is 0.0585. The molecule has 0 aromatic heterocycles. The molecule has 0 heterocycles. The molecule has 0 aliphatic heterocycles. The zero-order valence-electron chi connectivity index (χ0n) is 7.43. The van der Waals surface area contributed by atoms with Gasteiger partial charge in [-0.15, -0.1) is 11.8 Å². The molecule has 0 saturated carbocycles. The first-order chi connectivity index (χ1) is 6.70. The van der Waals surface area contributed by atoms with Crippen LogP contribution in [0.5, 0.6) is 0 Å². The molecule has 0 atom stereocenters. The Bertz CT molecular complexity index is 321.